The molecule has 0 saturated heterocycles. The number of hydrogen-bond acceptors (Lipinski definition) is 4. The van der Waals surface area contributed by atoms with Gasteiger partial charge in [-0.05, 0) is 35.1 Å². The molecule has 25 heavy (non-hydrogen) atoms. The van der Waals surface area contributed by atoms with E-state index in [9.17, 15) is 9.59 Å². The Morgan fingerprint density at radius 1 is 1.00 bits per heavy atom. The van der Waals surface area contributed by atoms with Gasteiger partial charge in [0.05, 0.1) is 13.2 Å². The minimum Gasteiger partial charge on any atom is -0.469 e. The first kappa shape index (κ1) is 18.7. The lowest BCUT2D eigenvalue weighted by Crippen LogP contribution is -2.40. The van der Waals surface area contributed by atoms with Gasteiger partial charge in [-0.1, -0.05) is 48.5 Å². The molecule has 0 bridgehead atoms. The van der Waals surface area contributed by atoms with E-state index in [1.165, 1.54) is 7.11 Å². The van der Waals surface area contributed by atoms with Crippen LogP contribution in [-0.4, -0.2) is 32.1 Å². The van der Waals surface area contributed by atoms with Crippen molar-refractivity contribution in [2.45, 2.75) is 25.3 Å². The van der Waals surface area contributed by atoms with E-state index in [4.69, 9.17) is 5.73 Å². The minimum atomic E-state index is -0.537. The molecule has 0 aliphatic rings. The van der Waals surface area contributed by atoms with Crippen LogP contribution < -0.4 is 11.1 Å². The van der Waals surface area contributed by atoms with Gasteiger partial charge in [0.1, 0.15) is 0 Å². The van der Waals surface area contributed by atoms with Crippen molar-refractivity contribution >= 4 is 11.9 Å². The van der Waals surface area contributed by atoms with E-state index >= 15 is 0 Å². The number of likely N-dealkylation sites (N-methyl/N-ethyl adjacent to an activating group) is 1. The van der Waals surface area contributed by atoms with Crippen molar-refractivity contribution in [3.05, 3.63) is 59.7 Å². The predicted molar refractivity (Wildman–Crippen MR) is 98.0 cm³/mol. The molecular weight excluding hydrogens is 316 g/mol. The Morgan fingerprint density at radius 2 is 1.52 bits per heavy atom. The van der Waals surface area contributed by atoms with Crippen LogP contribution >= 0.6 is 0 Å². The molecule has 0 aliphatic heterocycles. The molecule has 5 nitrogen and oxygen atoms in total. The summed E-state index contributed by atoms with van der Waals surface area (Å²) in [5, 5.41) is 2.56. The van der Waals surface area contributed by atoms with Gasteiger partial charge in [0.15, 0.2) is 0 Å². The van der Waals surface area contributed by atoms with Crippen molar-refractivity contribution in [2.75, 3.05) is 14.2 Å². The molecule has 2 rings (SSSR count). The van der Waals surface area contributed by atoms with E-state index in [1.54, 1.807) is 7.05 Å². The third kappa shape index (κ3) is 5.43. The molecule has 0 radical (unpaired) electrons. The van der Waals surface area contributed by atoms with Gasteiger partial charge in [-0.3, -0.25) is 9.59 Å². The summed E-state index contributed by atoms with van der Waals surface area (Å²) in [6.07, 6.45) is 1.56. The molecule has 0 unspecified atom stereocenters. The smallest absolute Gasteiger partial charge is 0.305 e. The van der Waals surface area contributed by atoms with Crippen LogP contribution in [0.4, 0.5) is 0 Å². The van der Waals surface area contributed by atoms with Gasteiger partial charge in [0, 0.05) is 13.5 Å². The number of rotatable bonds is 7. The Balaban J connectivity index is 1.99. The highest BCUT2D eigenvalue weighted by Gasteiger charge is 2.12. The average Bonchev–Trinajstić information content (AvgIpc) is 2.66. The van der Waals surface area contributed by atoms with Gasteiger partial charge >= 0.3 is 5.97 Å². The number of esters is 1. The minimum absolute atomic E-state index is 0.161. The van der Waals surface area contributed by atoms with E-state index in [0.717, 1.165) is 22.3 Å². The topological polar surface area (TPSA) is 81.4 Å². The summed E-state index contributed by atoms with van der Waals surface area (Å²) in [6, 6.07) is 15.6. The molecule has 0 spiro atoms. The molecule has 5 heteroatoms. The van der Waals surface area contributed by atoms with E-state index in [-0.39, 0.29) is 11.9 Å². The molecule has 132 valence electrons. The fourth-order valence-corrected chi connectivity index (χ4v) is 2.58. The number of ether oxygens (including phenoxy) is 1. The maximum absolute atomic E-state index is 11.5. The molecule has 0 aliphatic carbocycles. The highest BCUT2D eigenvalue weighted by molar-refractivity contribution is 5.81. The highest BCUT2D eigenvalue weighted by atomic mass is 16.5. The van der Waals surface area contributed by atoms with Crippen LogP contribution in [0.2, 0.25) is 0 Å². The van der Waals surface area contributed by atoms with Crippen molar-refractivity contribution < 1.29 is 14.3 Å². The standard InChI is InChI=1S/C20H24N2O3/c1-22-20(24)18(21)13-15-5-10-17(11-6-15)16-8-3-14(4-9-16)7-12-19(23)25-2/h3-6,8-11,18H,7,12-13,21H2,1-2H3,(H,22,24)/t18-/m0/s1. The molecule has 1 atom stereocenters. The number of methoxy groups -OCH3 is 1. The zero-order chi connectivity index (χ0) is 18.2. The maximum atomic E-state index is 11.5. The first-order valence-corrected chi connectivity index (χ1v) is 8.25. The third-order valence-corrected chi connectivity index (χ3v) is 4.13. The fourth-order valence-electron chi connectivity index (χ4n) is 2.58. The molecular formula is C20H24N2O3. The summed E-state index contributed by atoms with van der Waals surface area (Å²) in [6.45, 7) is 0. The summed E-state index contributed by atoms with van der Waals surface area (Å²) < 4.78 is 4.65. The highest BCUT2D eigenvalue weighted by Crippen LogP contribution is 2.21. The molecule has 2 aromatic rings. The molecule has 3 N–H and O–H groups in total. The summed E-state index contributed by atoms with van der Waals surface area (Å²) in [5.74, 6) is -0.360. The normalized spacial score (nSPS) is 11.6. The van der Waals surface area contributed by atoms with Crippen molar-refractivity contribution in [1.82, 2.24) is 5.32 Å². The third-order valence-electron chi connectivity index (χ3n) is 4.13. The second-order valence-electron chi connectivity index (χ2n) is 5.89. The number of hydrogen-bond donors (Lipinski definition) is 2. The van der Waals surface area contributed by atoms with Gasteiger partial charge in [-0.2, -0.15) is 0 Å². The lowest BCUT2D eigenvalue weighted by Gasteiger charge is -2.10. The Hall–Kier alpha value is -2.66. The molecule has 0 heterocycles. The Kier molecular flexibility index (Phi) is 6.71. The lowest BCUT2D eigenvalue weighted by molar-refractivity contribution is -0.140. The SMILES string of the molecule is CNC(=O)[C@@H](N)Cc1ccc(-c2ccc(CCC(=O)OC)cc2)cc1. The summed E-state index contributed by atoms with van der Waals surface area (Å²) in [7, 11) is 2.98. The van der Waals surface area contributed by atoms with Crippen LogP contribution in [0.15, 0.2) is 48.5 Å². The monoisotopic (exact) mass is 340 g/mol. The van der Waals surface area contributed by atoms with E-state index in [1.807, 2.05) is 48.5 Å². The van der Waals surface area contributed by atoms with Crippen molar-refractivity contribution in [1.29, 1.82) is 0 Å². The van der Waals surface area contributed by atoms with Gasteiger partial charge in [0.25, 0.3) is 0 Å². The van der Waals surface area contributed by atoms with Crippen molar-refractivity contribution in [3.63, 3.8) is 0 Å². The first-order chi connectivity index (χ1) is 12.0. The Labute approximate surface area is 148 Å². The van der Waals surface area contributed by atoms with E-state index < -0.39 is 6.04 Å². The predicted octanol–water partition coefficient (Wildman–Crippen LogP) is 2.07. The number of aryl methyl sites for hydroxylation is 1. The molecule has 0 saturated carbocycles. The zero-order valence-electron chi connectivity index (χ0n) is 14.6. The number of benzene rings is 2. The largest absolute Gasteiger partial charge is 0.469 e. The number of amides is 1. The Bertz CT molecular complexity index is 709. The average molecular weight is 340 g/mol. The summed E-state index contributed by atoms with van der Waals surface area (Å²) in [4.78, 5) is 22.7. The molecule has 0 aromatic heterocycles. The molecule has 1 amide bonds. The van der Waals surface area contributed by atoms with Crippen LogP contribution in [0.3, 0.4) is 0 Å². The second-order valence-corrected chi connectivity index (χ2v) is 5.89. The number of carbonyl (C=O) groups excluding carboxylic acids is 2. The van der Waals surface area contributed by atoms with E-state index in [0.29, 0.717) is 19.3 Å². The maximum Gasteiger partial charge on any atom is 0.305 e. The van der Waals surface area contributed by atoms with Crippen molar-refractivity contribution in [3.8, 4) is 11.1 Å². The van der Waals surface area contributed by atoms with Crippen LogP contribution in [0.1, 0.15) is 17.5 Å². The molecule has 2 aromatic carbocycles. The quantitative estimate of drug-likeness (QED) is 0.756. The zero-order valence-corrected chi connectivity index (χ0v) is 14.6. The number of nitrogens with one attached hydrogen (secondary N) is 1. The summed E-state index contributed by atoms with van der Waals surface area (Å²) in [5.41, 5.74) is 10.2. The van der Waals surface area contributed by atoms with Crippen molar-refractivity contribution in [2.24, 2.45) is 5.73 Å². The van der Waals surface area contributed by atoms with Crippen LogP contribution in [0.5, 0.6) is 0 Å². The second kappa shape index (κ2) is 8.99. The van der Waals surface area contributed by atoms with Gasteiger partial charge in [-0.15, -0.1) is 0 Å². The first-order valence-electron chi connectivity index (χ1n) is 8.25. The van der Waals surface area contributed by atoms with Gasteiger partial charge in [0.2, 0.25) is 5.91 Å². The molecule has 0 fully saturated rings. The van der Waals surface area contributed by atoms with Crippen LogP contribution in [0, 0.1) is 0 Å². The van der Waals surface area contributed by atoms with Gasteiger partial charge < -0.3 is 15.8 Å². The van der Waals surface area contributed by atoms with E-state index in [2.05, 4.69) is 10.1 Å². The number of carbonyl (C=O) groups is 2. The lowest BCUT2D eigenvalue weighted by atomic mass is 9.99. The van der Waals surface area contributed by atoms with Crippen LogP contribution in [-0.2, 0) is 27.2 Å². The van der Waals surface area contributed by atoms with Gasteiger partial charge in [-0.25, -0.2) is 0 Å². The fraction of sp³-hybridized carbons (Fsp3) is 0.300. The van der Waals surface area contributed by atoms with Crippen LogP contribution in [0.25, 0.3) is 11.1 Å². The summed E-state index contributed by atoms with van der Waals surface area (Å²) >= 11 is 0. The number of nitrogens with two attached hydrogens (primary N) is 1. The Morgan fingerprint density at radius 3 is 2.00 bits per heavy atom.